The van der Waals surface area contributed by atoms with Crippen LogP contribution < -0.4 is 10.0 Å². The standard InChI is InChI=1S/C11H16NO4P/c1-8(2)16-11-7-9(17(3,4)15)5-6-10(11)12(13)14/h5-8H,1-4H3. The van der Waals surface area contributed by atoms with E-state index in [2.05, 4.69) is 0 Å². The van der Waals surface area contributed by atoms with Crippen LogP contribution in [0.3, 0.4) is 0 Å². The summed E-state index contributed by atoms with van der Waals surface area (Å²) in [5.74, 6) is 0.173. The zero-order valence-corrected chi connectivity index (χ0v) is 11.2. The average Bonchev–Trinajstić information content (AvgIpc) is 2.14. The molecule has 0 fully saturated rings. The molecule has 94 valence electrons. The molecule has 0 heterocycles. The van der Waals surface area contributed by atoms with Crippen LogP contribution in [0, 0.1) is 10.1 Å². The van der Waals surface area contributed by atoms with Crippen molar-refractivity contribution in [1.82, 2.24) is 0 Å². The molecule has 0 N–H and O–H groups in total. The lowest BCUT2D eigenvalue weighted by Gasteiger charge is -2.13. The van der Waals surface area contributed by atoms with Gasteiger partial charge in [-0.15, -0.1) is 0 Å². The Morgan fingerprint density at radius 3 is 2.35 bits per heavy atom. The number of nitro benzene ring substituents is 1. The fraction of sp³-hybridized carbons (Fsp3) is 0.455. The van der Waals surface area contributed by atoms with Gasteiger partial charge in [-0.05, 0) is 39.3 Å². The minimum Gasteiger partial charge on any atom is -0.484 e. The maximum Gasteiger partial charge on any atom is 0.310 e. The van der Waals surface area contributed by atoms with Crippen molar-refractivity contribution in [2.45, 2.75) is 20.0 Å². The van der Waals surface area contributed by atoms with Gasteiger partial charge in [0.15, 0.2) is 5.75 Å². The lowest BCUT2D eigenvalue weighted by Crippen LogP contribution is -2.11. The number of rotatable bonds is 4. The maximum absolute atomic E-state index is 11.9. The summed E-state index contributed by atoms with van der Waals surface area (Å²) >= 11 is 0. The molecule has 0 unspecified atom stereocenters. The number of hydrogen-bond acceptors (Lipinski definition) is 4. The molecule has 1 rings (SSSR count). The summed E-state index contributed by atoms with van der Waals surface area (Å²) in [6.45, 7) is 6.81. The van der Waals surface area contributed by atoms with Crippen LogP contribution in [0.5, 0.6) is 5.75 Å². The van der Waals surface area contributed by atoms with Crippen LogP contribution in [0.25, 0.3) is 0 Å². The largest absolute Gasteiger partial charge is 0.484 e. The van der Waals surface area contributed by atoms with E-state index >= 15 is 0 Å². The molecular weight excluding hydrogens is 241 g/mol. The van der Waals surface area contributed by atoms with Gasteiger partial charge in [0.05, 0.1) is 11.0 Å². The molecule has 0 aliphatic carbocycles. The molecular formula is C11H16NO4P. The van der Waals surface area contributed by atoms with Gasteiger partial charge < -0.3 is 9.30 Å². The molecule has 17 heavy (non-hydrogen) atoms. The molecule has 0 aliphatic rings. The van der Waals surface area contributed by atoms with E-state index in [1.807, 2.05) is 0 Å². The van der Waals surface area contributed by atoms with Crippen LogP contribution in [0.4, 0.5) is 5.69 Å². The second-order valence-electron chi connectivity index (χ2n) is 4.43. The molecule has 0 radical (unpaired) electrons. The van der Waals surface area contributed by atoms with Gasteiger partial charge in [0.1, 0.15) is 7.14 Å². The SMILES string of the molecule is CC(C)Oc1cc(P(C)(C)=O)ccc1[N+](=O)[O-]. The molecule has 5 nitrogen and oxygen atoms in total. The van der Waals surface area contributed by atoms with Crippen LogP contribution in [0.1, 0.15) is 13.8 Å². The number of nitro groups is 1. The first kappa shape index (κ1) is 13.7. The molecule has 0 amide bonds. The number of benzene rings is 1. The van der Waals surface area contributed by atoms with Gasteiger partial charge in [-0.3, -0.25) is 10.1 Å². The lowest BCUT2D eigenvalue weighted by molar-refractivity contribution is -0.386. The van der Waals surface area contributed by atoms with Gasteiger partial charge in [0.25, 0.3) is 0 Å². The van der Waals surface area contributed by atoms with Crippen LogP contribution >= 0.6 is 7.14 Å². The Kier molecular flexibility index (Phi) is 3.94. The maximum atomic E-state index is 11.9. The Balaban J connectivity index is 3.29. The molecule has 0 aromatic heterocycles. The highest BCUT2D eigenvalue weighted by molar-refractivity contribution is 7.70. The van der Waals surface area contributed by atoms with Crippen molar-refractivity contribution in [2.24, 2.45) is 0 Å². The quantitative estimate of drug-likeness (QED) is 0.472. The Morgan fingerprint density at radius 2 is 1.94 bits per heavy atom. The van der Waals surface area contributed by atoms with E-state index in [0.29, 0.717) is 5.30 Å². The topological polar surface area (TPSA) is 69.4 Å². The summed E-state index contributed by atoms with van der Waals surface area (Å²) in [5.41, 5.74) is -0.101. The van der Waals surface area contributed by atoms with E-state index in [9.17, 15) is 14.7 Å². The molecule has 0 atom stereocenters. The summed E-state index contributed by atoms with van der Waals surface area (Å²) < 4.78 is 17.3. The van der Waals surface area contributed by atoms with Gasteiger partial charge in [0.2, 0.25) is 0 Å². The van der Waals surface area contributed by atoms with Crippen molar-refractivity contribution >= 4 is 18.1 Å². The van der Waals surface area contributed by atoms with Gasteiger partial charge in [-0.1, -0.05) is 0 Å². The summed E-state index contributed by atoms with van der Waals surface area (Å²) in [7, 11) is -2.44. The first-order valence-electron chi connectivity index (χ1n) is 5.22. The minimum atomic E-state index is -2.44. The Labute approximate surface area is 100 Å². The third-order valence-corrected chi connectivity index (χ3v) is 3.65. The van der Waals surface area contributed by atoms with Crippen LogP contribution in [-0.4, -0.2) is 24.4 Å². The second kappa shape index (κ2) is 4.88. The predicted molar refractivity (Wildman–Crippen MR) is 67.9 cm³/mol. The van der Waals surface area contributed by atoms with Crippen molar-refractivity contribution < 1.29 is 14.2 Å². The van der Waals surface area contributed by atoms with Crippen molar-refractivity contribution in [3.63, 3.8) is 0 Å². The first-order valence-corrected chi connectivity index (χ1v) is 7.82. The van der Waals surface area contributed by atoms with E-state index in [1.165, 1.54) is 18.2 Å². The third-order valence-electron chi connectivity index (χ3n) is 2.12. The Bertz CT molecular complexity index is 478. The highest BCUT2D eigenvalue weighted by Gasteiger charge is 2.20. The van der Waals surface area contributed by atoms with E-state index in [4.69, 9.17) is 4.74 Å². The van der Waals surface area contributed by atoms with Crippen LogP contribution in [0.15, 0.2) is 18.2 Å². The number of ether oxygens (including phenoxy) is 1. The van der Waals surface area contributed by atoms with Crippen LogP contribution in [0.2, 0.25) is 0 Å². The molecule has 0 aliphatic heterocycles. The Hall–Kier alpha value is -1.35. The van der Waals surface area contributed by atoms with E-state index in [0.717, 1.165) is 0 Å². The van der Waals surface area contributed by atoms with Crippen molar-refractivity contribution in [1.29, 1.82) is 0 Å². The normalized spacial score (nSPS) is 11.6. The van der Waals surface area contributed by atoms with Crippen LogP contribution in [-0.2, 0) is 4.57 Å². The highest BCUT2D eigenvalue weighted by Crippen LogP contribution is 2.38. The summed E-state index contributed by atoms with van der Waals surface area (Å²) in [6.07, 6.45) is -0.169. The third kappa shape index (κ3) is 3.56. The zero-order chi connectivity index (χ0) is 13.2. The van der Waals surface area contributed by atoms with Gasteiger partial charge in [-0.25, -0.2) is 0 Å². The first-order chi connectivity index (χ1) is 7.71. The Morgan fingerprint density at radius 1 is 1.35 bits per heavy atom. The smallest absolute Gasteiger partial charge is 0.310 e. The predicted octanol–water partition coefficient (Wildman–Crippen LogP) is 2.63. The van der Waals surface area contributed by atoms with Crippen molar-refractivity contribution in [2.75, 3.05) is 13.3 Å². The highest BCUT2D eigenvalue weighted by atomic mass is 31.2. The monoisotopic (exact) mass is 257 g/mol. The summed E-state index contributed by atoms with van der Waals surface area (Å²) in [4.78, 5) is 10.3. The van der Waals surface area contributed by atoms with E-state index in [1.54, 1.807) is 27.2 Å². The van der Waals surface area contributed by atoms with Gasteiger partial charge in [-0.2, -0.15) is 0 Å². The molecule has 0 bridgehead atoms. The fourth-order valence-corrected chi connectivity index (χ4v) is 2.20. The molecule has 0 saturated heterocycles. The lowest BCUT2D eigenvalue weighted by atomic mass is 10.3. The average molecular weight is 257 g/mol. The summed E-state index contributed by atoms with van der Waals surface area (Å²) in [5, 5.41) is 11.4. The zero-order valence-electron chi connectivity index (χ0n) is 10.3. The molecule has 1 aromatic carbocycles. The minimum absolute atomic E-state index is 0.101. The summed E-state index contributed by atoms with van der Waals surface area (Å²) in [6, 6.07) is 4.36. The van der Waals surface area contributed by atoms with Crippen molar-refractivity contribution in [3.05, 3.63) is 28.3 Å². The van der Waals surface area contributed by atoms with E-state index < -0.39 is 12.1 Å². The second-order valence-corrected chi connectivity index (χ2v) is 7.64. The van der Waals surface area contributed by atoms with Crippen molar-refractivity contribution in [3.8, 4) is 5.75 Å². The fourth-order valence-electron chi connectivity index (χ4n) is 1.34. The van der Waals surface area contributed by atoms with E-state index in [-0.39, 0.29) is 17.5 Å². The molecule has 0 spiro atoms. The van der Waals surface area contributed by atoms with Gasteiger partial charge >= 0.3 is 5.69 Å². The molecule has 0 saturated carbocycles. The number of nitrogens with zero attached hydrogens (tertiary/aromatic N) is 1. The molecule has 1 aromatic rings. The molecule has 6 heteroatoms. The van der Waals surface area contributed by atoms with Gasteiger partial charge in [0, 0.05) is 11.4 Å². The number of hydrogen-bond donors (Lipinski definition) is 0.